The number of halogens is 3. The lowest BCUT2D eigenvalue weighted by molar-refractivity contribution is -0.153. The monoisotopic (exact) mass is 588 g/mol. The first-order valence-electron chi connectivity index (χ1n) is 12.6. The highest BCUT2D eigenvalue weighted by Gasteiger charge is 2.29. The van der Waals surface area contributed by atoms with Crippen LogP contribution in [0, 0.1) is 6.92 Å². The fraction of sp³-hybridized carbons (Fsp3) is 0.286. The van der Waals surface area contributed by atoms with Crippen molar-refractivity contribution in [3.63, 3.8) is 0 Å². The Hall–Kier alpha value is -4.26. The van der Waals surface area contributed by atoms with Gasteiger partial charge in [0.05, 0.1) is 39.7 Å². The smallest absolute Gasteiger partial charge is 0.422 e. The number of imidazole rings is 1. The van der Waals surface area contributed by atoms with Crippen LogP contribution in [0.1, 0.15) is 28.5 Å². The summed E-state index contributed by atoms with van der Waals surface area (Å²) >= 11 is 0. The molecule has 2 aromatic heterocycles. The molecule has 4 aromatic rings. The molecule has 0 saturated heterocycles. The number of carbonyl (C=O) groups excluding carboxylic acids is 2. The van der Waals surface area contributed by atoms with Gasteiger partial charge in [0.15, 0.2) is 6.61 Å². The van der Waals surface area contributed by atoms with Crippen molar-refractivity contribution in [1.82, 2.24) is 14.5 Å². The zero-order valence-corrected chi connectivity index (χ0v) is 23.3. The van der Waals surface area contributed by atoms with E-state index in [-0.39, 0.29) is 35.2 Å². The van der Waals surface area contributed by atoms with E-state index in [9.17, 15) is 27.0 Å². The number of amides is 1. The molecule has 0 fully saturated rings. The predicted octanol–water partition coefficient (Wildman–Crippen LogP) is 5.31. The van der Waals surface area contributed by atoms with Gasteiger partial charge in [-0.25, -0.2) is 19.1 Å². The van der Waals surface area contributed by atoms with E-state index >= 15 is 0 Å². The Balaban J connectivity index is 1.63. The number of alkyl halides is 3. The Morgan fingerprint density at radius 3 is 2.51 bits per heavy atom. The lowest BCUT2D eigenvalue weighted by Gasteiger charge is -2.21. The van der Waals surface area contributed by atoms with Gasteiger partial charge in [0, 0.05) is 36.7 Å². The van der Waals surface area contributed by atoms with Crippen molar-refractivity contribution in [2.45, 2.75) is 31.6 Å². The van der Waals surface area contributed by atoms with Crippen LogP contribution in [0.25, 0.3) is 11.0 Å². The highest BCUT2D eigenvalue weighted by molar-refractivity contribution is 7.84. The SMILES string of the molecule is CCOC(=O)c1ccccc1N(C)C(=O)n1c(S(=O)CCc2nccc(OCC(F)(F)F)c2C)nc2ccccc21. The molecule has 4 rings (SSSR count). The van der Waals surface area contributed by atoms with E-state index in [0.29, 0.717) is 28.0 Å². The zero-order valence-electron chi connectivity index (χ0n) is 22.5. The molecule has 216 valence electrons. The van der Waals surface area contributed by atoms with Gasteiger partial charge in [-0.15, -0.1) is 0 Å². The predicted molar refractivity (Wildman–Crippen MR) is 147 cm³/mol. The lowest BCUT2D eigenvalue weighted by atomic mass is 10.1. The minimum absolute atomic E-state index is 0.0150. The summed E-state index contributed by atoms with van der Waals surface area (Å²) in [6.45, 7) is 1.97. The number of aromatic nitrogens is 3. The van der Waals surface area contributed by atoms with Gasteiger partial charge in [-0.3, -0.25) is 14.1 Å². The molecule has 0 bridgehead atoms. The van der Waals surface area contributed by atoms with Crippen molar-refractivity contribution in [1.29, 1.82) is 0 Å². The summed E-state index contributed by atoms with van der Waals surface area (Å²) in [5.74, 6) is -0.579. The number of pyridine rings is 1. The molecule has 1 amide bonds. The molecule has 1 unspecified atom stereocenters. The number of hydrogen-bond donors (Lipinski definition) is 0. The number of para-hydroxylation sites is 3. The standard InChI is InChI=1S/C28H27F3N4O5S/c1-4-39-25(36)19-9-5-7-11-22(19)34(3)27(37)35-23-12-8-6-10-21(23)33-26(35)41(38)16-14-20-18(2)24(13-15-32-20)40-17-28(29,30)31/h5-13,15H,4,14,16-17H2,1-3H3. The van der Waals surface area contributed by atoms with Crippen LogP contribution >= 0.6 is 0 Å². The van der Waals surface area contributed by atoms with Crippen molar-refractivity contribution in [2.24, 2.45) is 0 Å². The third kappa shape index (κ3) is 6.73. The number of rotatable bonds is 9. The van der Waals surface area contributed by atoms with Gasteiger partial charge in [0.1, 0.15) is 5.75 Å². The van der Waals surface area contributed by atoms with E-state index in [0.717, 1.165) is 0 Å². The Kier molecular flexibility index (Phi) is 9.06. The fourth-order valence-corrected chi connectivity index (χ4v) is 5.29. The van der Waals surface area contributed by atoms with Gasteiger partial charge in [0.25, 0.3) is 0 Å². The minimum Gasteiger partial charge on any atom is -0.484 e. The second-order valence-corrected chi connectivity index (χ2v) is 10.3. The second-order valence-electron chi connectivity index (χ2n) is 8.88. The van der Waals surface area contributed by atoms with Crippen LogP contribution in [0.3, 0.4) is 0 Å². The zero-order chi connectivity index (χ0) is 29.7. The van der Waals surface area contributed by atoms with Crippen molar-refractivity contribution < 1.29 is 36.4 Å². The maximum Gasteiger partial charge on any atom is 0.422 e. The number of fused-ring (bicyclic) bond motifs is 1. The number of nitrogens with zero attached hydrogens (tertiary/aromatic N) is 4. The van der Waals surface area contributed by atoms with E-state index in [2.05, 4.69) is 9.97 Å². The Morgan fingerprint density at radius 2 is 1.78 bits per heavy atom. The van der Waals surface area contributed by atoms with Gasteiger partial charge in [-0.05, 0) is 44.2 Å². The number of benzene rings is 2. The van der Waals surface area contributed by atoms with Crippen molar-refractivity contribution >= 4 is 39.5 Å². The highest BCUT2D eigenvalue weighted by atomic mass is 32.2. The van der Waals surface area contributed by atoms with Crippen LogP contribution in [-0.4, -0.2) is 62.9 Å². The molecular weight excluding hydrogens is 561 g/mol. The third-order valence-electron chi connectivity index (χ3n) is 6.15. The molecule has 0 aliphatic heterocycles. The van der Waals surface area contributed by atoms with E-state index in [1.807, 2.05) is 0 Å². The van der Waals surface area contributed by atoms with Gasteiger partial charge in [-0.1, -0.05) is 24.3 Å². The van der Waals surface area contributed by atoms with Crippen molar-refractivity contribution in [2.75, 3.05) is 30.9 Å². The summed E-state index contributed by atoms with van der Waals surface area (Å²) in [4.78, 5) is 36.3. The van der Waals surface area contributed by atoms with Gasteiger partial charge in [-0.2, -0.15) is 13.2 Å². The maximum absolute atomic E-state index is 13.8. The van der Waals surface area contributed by atoms with Gasteiger partial charge in [0.2, 0.25) is 5.16 Å². The molecule has 0 spiro atoms. The van der Waals surface area contributed by atoms with Gasteiger partial charge < -0.3 is 9.47 Å². The molecule has 0 saturated carbocycles. The molecule has 0 N–H and O–H groups in total. The maximum atomic E-state index is 13.8. The number of ether oxygens (including phenoxy) is 2. The number of anilines is 1. The van der Waals surface area contributed by atoms with Crippen LogP contribution in [0.5, 0.6) is 5.75 Å². The summed E-state index contributed by atoms with van der Waals surface area (Å²) in [5.41, 5.74) is 2.14. The van der Waals surface area contributed by atoms with Crippen LogP contribution < -0.4 is 9.64 Å². The minimum atomic E-state index is -4.49. The number of aryl methyl sites for hydroxylation is 1. The summed E-state index contributed by atoms with van der Waals surface area (Å²) in [7, 11) is -0.332. The largest absolute Gasteiger partial charge is 0.484 e. The van der Waals surface area contributed by atoms with Crippen LogP contribution in [0.4, 0.5) is 23.7 Å². The summed E-state index contributed by atoms with van der Waals surface area (Å²) in [5, 5.41) is -0.0150. The first kappa shape index (κ1) is 29.7. The Morgan fingerprint density at radius 1 is 1.07 bits per heavy atom. The van der Waals surface area contributed by atoms with E-state index in [1.165, 1.54) is 28.8 Å². The number of carbonyl (C=O) groups is 2. The van der Waals surface area contributed by atoms with E-state index in [1.54, 1.807) is 62.4 Å². The molecule has 1 atom stereocenters. The molecule has 41 heavy (non-hydrogen) atoms. The summed E-state index contributed by atoms with van der Waals surface area (Å²) < 4.78 is 62.7. The van der Waals surface area contributed by atoms with Crippen molar-refractivity contribution in [3.05, 3.63) is 77.6 Å². The fourth-order valence-electron chi connectivity index (χ4n) is 4.15. The van der Waals surface area contributed by atoms with Crippen LogP contribution in [-0.2, 0) is 22.0 Å². The molecule has 2 heterocycles. The topological polar surface area (TPSA) is 104 Å². The lowest BCUT2D eigenvalue weighted by Crippen LogP contribution is -2.33. The molecule has 0 aliphatic rings. The molecule has 0 aliphatic carbocycles. The quantitative estimate of drug-likeness (QED) is 0.244. The number of hydrogen-bond acceptors (Lipinski definition) is 7. The van der Waals surface area contributed by atoms with Crippen molar-refractivity contribution in [3.8, 4) is 5.75 Å². The first-order chi connectivity index (χ1) is 19.5. The summed E-state index contributed by atoms with van der Waals surface area (Å²) in [6, 6.07) is 14.0. The van der Waals surface area contributed by atoms with E-state index in [4.69, 9.17) is 9.47 Å². The molecular formula is C28H27F3N4O5S. The van der Waals surface area contributed by atoms with Gasteiger partial charge >= 0.3 is 18.2 Å². The number of esters is 1. The average Bonchev–Trinajstić information content (AvgIpc) is 3.34. The molecule has 0 radical (unpaired) electrons. The summed E-state index contributed by atoms with van der Waals surface area (Å²) in [6.07, 6.45) is -3.04. The Bertz CT molecular complexity index is 1610. The van der Waals surface area contributed by atoms with Crippen LogP contribution in [0.15, 0.2) is 66.0 Å². The van der Waals surface area contributed by atoms with E-state index < -0.39 is 35.6 Å². The molecule has 2 aromatic carbocycles. The molecule has 9 nitrogen and oxygen atoms in total. The highest BCUT2D eigenvalue weighted by Crippen LogP contribution is 2.26. The third-order valence-corrected chi connectivity index (χ3v) is 7.40. The Labute approximate surface area is 236 Å². The second kappa shape index (κ2) is 12.5. The molecule has 13 heteroatoms. The van der Waals surface area contributed by atoms with Crippen LogP contribution in [0.2, 0.25) is 0 Å². The average molecular weight is 589 g/mol. The first-order valence-corrected chi connectivity index (χ1v) is 13.9. The normalized spacial score (nSPS) is 12.2.